The molecule has 1 fully saturated rings. The molecule has 1 aliphatic carbocycles. The maximum absolute atomic E-state index is 13.6. The van der Waals surface area contributed by atoms with Gasteiger partial charge in [0.25, 0.3) is 0 Å². The number of rotatable bonds is 10. The topological polar surface area (TPSA) is 89.0 Å². The van der Waals surface area contributed by atoms with Crippen LogP contribution in [0.3, 0.4) is 0 Å². The molecular weight excluding hydrogens is 464 g/mol. The minimum absolute atomic E-state index is 0.141. The summed E-state index contributed by atoms with van der Waals surface area (Å²) in [5.41, 5.74) is 1.55. The van der Waals surface area contributed by atoms with Gasteiger partial charge in [0.2, 0.25) is 5.91 Å². The molecule has 4 rings (SSSR count). The maximum Gasteiger partial charge on any atom is 0.323 e. The molecule has 1 N–H and O–H groups in total. The predicted molar refractivity (Wildman–Crippen MR) is 136 cm³/mol. The Kier molecular flexibility index (Phi) is 7.90. The molecule has 0 saturated heterocycles. The Morgan fingerprint density at radius 3 is 2.37 bits per heavy atom. The van der Waals surface area contributed by atoms with Gasteiger partial charge >= 0.3 is 5.97 Å². The first kappa shape index (κ1) is 25.0. The zero-order valence-corrected chi connectivity index (χ0v) is 21.1. The summed E-state index contributed by atoms with van der Waals surface area (Å²) in [6.45, 7) is -0.175. The third-order valence-electron chi connectivity index (χ3n) is 6.77. The number of thiazole rings is 1. The molecule has 1 amide bonds. The third kappa shape index (κ3) is 6.31. The highest BCUT2D eigenvalue weighted by atomic mass is 32.1. The molecule has 0 atom stereocenters. The second-order valence-corrected chi connectivity index (χ2v) is 10.5. The van der Waals surface area contributed by atoms with Gasteiger partial charge in [-0.25, -0.2) is 4.98 Å². The normalized spacial score (nSPS) is 15.0. The van der Waals surface area contributed by atoms with Crippen LogP contribution in [-0.2, 0) is 22.6 Å². The Morgan fingerprint density at radius 1 is 1.06 bits per heavy atom. The summed E-state index contributed by atoms with van der Waals surface area (Å²) in [4.78, 5) is 31.5. The molecular formula is C27H32N2O5S. The number of carbonyl (C=O) groups excluding carboxylic acids is 1. The first-order valence-corrected chi connectivity index (χ1v) is 12.8. The largest absolute Gasteiger partial charge is 0.497 e. The molecule has 186 valence electrons. The molecule has 1 heterocycles. The smallest absolute Gasteiger partial charge is 0.323 e. The second kappa shape index (κ2) is 11.1. The van der Waals surface area contributed by atoms with Crippen molar-refractivity contribution in [3.8, 4) is 11.5 Å². The van der Waals surface area contributed by atoms with Crippen LogP contribution in [0.25, 0.3) is 10.2 Å². The number of ether oxygens (including phenoxy) is 2. The first-order valence-electron chi connectivity index (χ1n) is 12.0. The average Bonchev–Trinajstić information content (AvgIpc) is 3.25. The van der Waals surface area contributed by atoms with Gasteiger partial charge in [-0.2, -0.15) is 0 Å². The van der Waals surface area contributed by atoms with Gasteiger partial charge in [0, 0.05) is 25.5 Å². The minimum Gasteiger partial charge on any atom is -0.497 e. The zero-order valence-electron chi connectivity index (χ0n) is 20.3. The van der Waals surface area contributed by atoms with Crippen molar-refractivity contribution in [3.05, 3.63) is 53.0 Å². The minimum atomic E-state index is -1.03. The van der Waals surface area contributed by atoms with Crippen LogP contribution < -0.4 is 9.47 Å². The highest BCUT2D eigenvalue weighted by molar-refractivity contribution is 7.18. The number of amides is 1. The lowest BCUT2D eigenvalue weighted by Crippen LogP contribution is -2.40. The van der Waals surface area contributed by atoms with Crippen LogP contribution in [0.5, 0.6) is 11.5 Å². The van der Waals surface area contributed by atoms with E-state index >= 15 is 0 Å². The van der Waals surface area contributed by atoms with Crippen molar-refractivity contribution < 1.29 is 24.2 Å². The van der Waals surface area contributed by atoms with Crippen LogP contribution in [0.4, 0.5) is 0 Å². The number of para-hydroxylation sites is 1. The Balaban J connectivity index is 1.56. The lowest BCUT2D eigenvalue weighted by molar-refractivity contribution is -0.146. The standard InChI is InChI=1S/C27H32N2O5S/c1-33-20-12-19(13-21(14-20)34-2)17-29(18-26(31)32)25(30)16-27(10-6-3-7-11-27)15-24-28-22-8-4-5-9-23(22)35-24/h4-5,8-9,12-14H,3,6-7,10-11,15-18H2,1-2H3,(H,31,32). The molecule has 3 aromatic rings. The van der Waals surface area contributed by atoms with E-state index < -0.39 is 5.97 Å². The summed E-state index contributed by atoms with van der Waals surface area (Å²) < 4.78 is 11.8. The fraction of sp³-hybridized carbons (Fsp3) is 0.444. The summed E-state index contributed by atoms with van der Waals surface area (Å²) in [5.74, 6) is 0.0256. The molecule has 0 bridgehead atoms. The van der Waals surface area contributed by atoms with E-state index in [1.54, 1.807) is 31.6 Å². The van der Waals surface area contributed by atoms with Crippen molar-refractivity contribution in [2.45, 2.75) is 51.5 Å². The Hall–Kier alpha value is -3.13. The number of carboxylic acid groups (broad SMARTS) is 1. The van der Waals surface area contributed by atoms with E-state index in [-0.39, 0.29) is 24.4 Å². The number of aliphatic carboxylic acids is 1. The van der Waals surface area contributed by atoms with Crippen LogP contribution in [-0.4, -0.2) is 47.6 Å². The number of aromatic nitrogens is 1. The van der Waals surface area contributed by atoms with E-state index in [1.807, 2.05) is 30.3 Å². The molecule has 2 aromatic carbocycles. The molecule has 0 spiro atoms. The SMILES string of the molecule is COc1cc(CN(CC(=O)O)C(=O)CC2(Cc3nc4ccccc4s3)CCCCC2)cc(OC)c1. The van der Waals surface area contributed by atoms with Crippen LogP contribution in [0.15, 0.2) is 42.5 Å². The van der Waals surface area contributed by atoms with Crippen LogP contribution in [0, 0.1) is 5.41 Å². The number of carboxylic acids is 1. The summed E-state index contributed by atoms with van der Waals surface area (Å²) in [6.07, 6.45) is 6.26. The Labute approximate surface area is 209 Å². The van der Waals surface area contributed by atoms with Crippen molar-refractivity contribution >= 4 is 33.4 Å². The molecule has 0 radical (unpaired) electrons. The van der Waals surface area contributed by atoms with Gasteiger partial charge < -0.3 is 19.5 Å². The van der Waals surface area contributed by atoms with Gasteiger partial charge in [-0.15, -0.1) is 11.3 Å². The molecule has 7 nitrogen and oxygen atoms in total. The monoisotopic (exact) mass is 496 g/mol. The van der Waals surface area contributed by atoms with Crippen molar-refractivity contribution in [2.24, 2.45) is 5.41 Å². The predicted octanol–water partition coefficient (Wildman–Crippen LogP) is 5.31. The molecule has 8 heteroatoms. The maximum atomic E-state index is 13.6. The summed E-state index contributed by atoms with van der Waals surface area (Å²) in [6, 6.07) is 13.5. The van der Waals surface area contributed by atoms with Crippen LogP contribution in [0.2, 0.25) is 0 Å². The van der Waals surface area contributed by atoms with E-state index in [4.69, 9.17) is 14.5 Å². The highest BCUT2D eigenvalue weighted by Gasteiger charge is 2.37. The molecule has 1 aromatic heterocycles. The highest BCUT2D eigenvalue weighted by Crippen LogP contribution is 2.43. The van der Waals surface area contributed by atoms with E-state index in [2.05, 4.69) is 6.07 Å². The fourth-order valence-corrected chi connectivity index (χ4v) is 6.18. The van der Waals surface area contributed by atoms with Gasteiger partial charge in [-0.3, -0.25) is 9.59 Å². The van der Waals surface area contributed by atoms with E-state index in [0.717, 1.165) is 59.3 Å². The van der Waals surface area contributed by atoms with Gasteiger partial charge in [0.15, 0.2) is 0 Å². The zero-order chi connectivity index (χ0) is 24.8. The van der Waals surface area contributed by atoms with Crippen LogP contribution >= 0.6 is 11.3 Å². The fourth-order valence-electron chi connectivity index (χ4n) is 5.04. The molecule has 0 aliphatic heterocycles. The number of carbonyl (C=O) groups is 2. The number of benzene rings is 2. The van der Waals surface area contributed by atoms with Gasteiger partial charge in [0.05, 0.1) is 29.4 Å². The Bertz CT molecular complexity index is 1130. The molecule has 35 heavy (non-hydrogen) atoms. The third-order valence-corrected chi connectivity index (χ3v) is 7.80. The average molecular weight is 497 g/mol. The van der Waals surface area contributed by atoms with Gasteiger partial charge in [-0.05, 0) is 48.1 Å². The molecule has 0 unspecified atom stereocenters. The van der Waals surface area contributed by atoms with Crippen molar-refractivity contribution in [1.82, 2.24) is 9.88 Å². The number of fused-ring (bicyclic) bond motifs is 1. The number of hydrogen-bond donors (Lipinski definition) is 1. The Morgan fingerprint density at radius 2 is 1.74 bits per heavy atom. The van der Waals surface area contributed by atoms with E-state index in [9.17, 15) is 14.7 Å². The number of nitrogens with zero attached hydrogens (tertiary/aromatic N) is 2. The lowest BCUT2D eigenvalue weighted by atomic mass is 9.69. The van der Waals surface area contributed by atoms with E-state index in [0.29, 0.717) is 17.9 Å². The molecule has 1 saturated carbocycles. The molecule has 1 aliphatic rings. The first-order chi connectivity index (χ1) is 16.9. The second-order valence-electron chi connectivity index (χ2n) is 9.35. The van der Waals surface area contributed by atoms with Crippen molar-refractivity contribution in [3.63, 3.8) is 0 Å². The number of methoxy groups -OCH3 is 2. The summed E-state index contributed by atoms with van der Waals surface area (Å²) >= 11 is 1.69. The quantitative estimate of drug-likeness (QED) is 0.409. The lowest BCUT2D eigenvalue weighted by Gasteiger charge is -2.38. The van der Waals surface area contributed by atoms with Crippen molar-refractivity contribution in [1.29, 1.82) is 0 Å². The van der Waals surface area contributed by atoms with Gasteiger partial charge in [-0.1, -0.05) is 31.4 Å². The number of hydrogen-bond acceptors (Lipinski definition) is 6. The summed E-state index contributed by atoms with van der Waals surface area (Å²) in [5, 5.41) is 10.6. The summed E-state index contributed by atoms with van der Waals surface area (Å²) in [7, 11) is 3.13. The van der Waals surface area contributed by atoms with Crippen LogP contribution in [0.1, 0.15) is 49.1 Å². The van der Waals surface area contributed by atoms with Gasteiger partial charge in [0.1, 0.15) is 18.0 Å². The van der Waals surface area contributed by atoms with E-state index in [1.165, 1.54) is 4.90 Å². The van der Waals surface area contributed by atoms with Crippen molar-refractivity contribution in [2.75, 3.05) is 20.8 Å².